The zero-order valence-corrected chi connectivity index (χ0v) is 18.0. The summed E-state index contributed by atoms with van der Waals surface area (Å²) in [5.41, 5.74) is 1.38. The van der Waals surface area contributed by atoms with Gasteiger partial charge in [-0.2, -0.15) is 0 Å². The molecule has 0 spiro atoms. The van der Waals surface area contributed by atoms with Gasteiger partial charge in [0.1, 0.15) is 0 Å². The zero-order chi connectivity index (χ0) is 19.8. The molecule has 134 valence electrons. The molecule has 3 rings (SSSR count). The fourth-order valence-electron chi connectivity index (χ4n) is 2.38. The van der Waals surface area contributed by atoms with Crippen molar-refractivity contribution in [3.8, 4) is 0 Å². The van der Waals surface area contributed by atoms with Crippen molar-refractivity contribution < 1.29 is 34.4 Å². The molecule has 0 saturated heterocycles. The number of hydrogen-bond donors (Lipinski definition) is 0. The van der Waals surface area contributed by atoms with Gasteiger partial charge in [-0.25, -0.2) is 0 Å². The van der Waals surface area contributed by atoms with Crippen molar-refractivity contribution in [2.45, 2.75) is 0 Å². The second kappa shape index (κ2) is 17.9. The normalized spacial score (nSPS) is 12.6. The molecule has 0 N–H and O–H groups in total. The van der Waals surface area contributed by atoms with E-state index in [1.807, 2.05) is 6.08 Å². The summed E-state index contributed by atoms with van der Waals surface area (Å²) in [4.78, 5) is 0. The maximum Gasteiger partial charge on any atom is 0 e. The third-order valence-corrected chi connectivity index (χ3v) is 5.83. The molecule has 2 aromatic carbocycles. The summed E-state index contributed by atoms with van der Waals surface area (Å²) in [6.07, 6.45) is 8.44. The Labute approximate surface area is 176 Å². The van der Waals surface area contributed by atoms with Gasteiger partial charge in [-0.05, 0) is 37.8 Å². The second-order valence-electron chi connectivity index (χ2n) is 4.58. The number of rotatable bonds is 4. The first-order valence-corrected chi connectivity index (χ1v) is 8.64. The molecule has 1 aliphatic rings. The van der Waals surface area contributed by atoms with Crippen LogP contribution >= 0.6 is 7.92 Å². The average molecular weight is 546 g/mol. The molecule has 1 aliphatic carbocycles. The Balaban J connectivity index is 0. The molecule has 0 bridgehead atoms. The van der Waals surface area contributed by atoms with Crippen LogP contribution in [0, 0.1) is 50.8 Å². The van der Waals surface area contributed by atoms with E-state index in [2.05, 4.69) is 106 Å². The molecular formula is C22H16O3PRe. The standard InChI is InChI=1S/C19H16P.3CO.Re/c1-2-16-10-9-15-19(16)20(17-11-5-3-6-12-17)18-13-7-4-8-14-18;3*1-2;/h2-15H,1H2;;;;. The molecule has 0 unspecified atom stereocenters. The molecule has 6 radical (unpaired) electrons. The first-order valence-electron chi connectivity index (χ1n) is 7.30. The third kappa shape index (κ3) is 8.36. The first kappa shape index (κ1) is 27.7. The molecule has 0 atom stereocenters. The molecule has 0 aliphatic heterocycles. The van der Waals surface area contributed by atoms with E-state index < -0.39 is 7.92 Å². The van der Waals surface area contributed by atoms with Crippen LogP contribution < -0.4 is 10.6 Å². The van der Waals surface area contributed by atoms with Crippen molar-refractivity contribution in [2.24, 2.45) is 0 Å². The van der Waals surface area contributed by atoms with Gasteiger partial charge in [0.15, 0.2) is 0 Å². The maximum absolute atomic E-state index is 7.50. The molecule has 0 amide bonds. The fourth-order valence-corrected chi connectivity index (χ4v) is 4.84. The summed E-state index contributed by atoms with van der Waals surface area (Å²) in [5, 5.41) is 2.76. The van der Waals surface area contributed by atoms with E-state index in [9.17, 15) is 0 Å². The van der Waals surface area contributed by atoms with Gasteiger partial charge in [-0.1, -0.05) is 66.7 Å². The van der Waals surface area contributed by atoms with Crippen LogP contribution in [0.5, 0.6) is 0 Å². The van der Waals surface area contributed by atoms with Crippen LogP contribution in [0.4, 0.5) is 0 Å². The molecular weight excluding hydrogens is 529 g/mol. The number of hydrogen-bond acceptors (Lipinski definition) is 0. The van der Waals surface area contributed by atoms with Gasteiger partial charge >= 0.3 is 33.9 Å². The summed E-state index contributed by atoms with van der Waals surface area (Å²) in [5.74, 6) is 1.24. The quantitative estimate of drug-likeness (QED) is 0.318. The van der Waals surface area contributed by atoms with Crippen LogP contribution in [0.2, 0.25) is 0 Å². The molecule has 5 heteroatoms. The zero-order valence-electron chi connectivity index (χ0n) is 14.3. The number of allylic oxidation sites excluding steroid dienone is 1. The first-order chi connectivity index (χ1) is 12.9. The Bertz CT molecular complexity index is 629. The van der Waals surface area contributed by atoms with E-state index in [0.29, 0.717) is 0 Å². The average Bonchev–Trinajstić information content (AvgIpc) is 3.23. The van der Waals surface area contributed by atoms with Crippen LogP contribution in [0.3, 0.4) is 0 Å². The van der Waals surface area contributed by atoms with E-state index in [1.54, 1.807) is 0 Å². The second-order valence-corrected chi connectivity index (χ2v) is 6.76. The molecule has 0 heterocycles. The summed E-state index contributed by atoms with van der Waals surface area (Å²) in [6, 6.07) is 21.5. The van der Waals surface area contributed by atoms with E-state index >= 15 is 0 Å². The minimum Gasteiger partial charge on any atom is 0 e. The minimum absolute atomic E-state index is 0. The van der Waals surface area contributed by atoms with Crippen molar-refractivity contribution in [3.63, 3.8) is 0 Å². The van der Waals surface area contributed by atoms with Gasteiger partial charge in [-0.15, -0.1) is 6.58 Å². The van der Waals surface area contributed by atoms with E-state index in [0.717, 1.165) is 0 Å². The molecule has 27 heavy (non-hydrogen) atoms. The Hall–Kier alpha value is -1.51. The Kier molecular flexibility index (Phi) is 18.4. The van der Waals surface area contributed by atoms with Crippen molar-refractivity contribution in [2.75, 3.05) is 0 Å². The van der Waals surface area contributed by atoms with Crippen LogP contribution in [0.25, 0.3) is 0 Å². The van der Waals surface area contributed by atoms with Crippen LogP contribution in [0.15, 0.2) is 73.3 Å². The van der Waals surface area contributed by atoms with Gasteiger partial charge in [-0.3, -0.25) is 0 Å². The summed E-state index contributed by atoms with van der Waals surface area (Å²) in [7, 11) is -0.507. The summed E-state index contributed by atoms with van der Waals surface area (Å²) >= 11 is 0. The molecule has 1 saturated carbocycles. The van der Waals surface area contributed by atoms with E-state index in [1.165, 1.54) is 22.2 Å². The van der Waals surface area contributed by atoms with Gasteiger partial charge in [0.25, 0.3) is 0 Å². The molecule has 0 aromatic heterocycles. The van der Waals surface area contributed by atoms with E-state index in [4.69, 9.17) is 14.0 Å². The smallest absolute Gasteiger partial charge is 0 e. The molecule has 3 nitrogen and oxygen atoms in total. The monoisotopic (exact) mass is 546 g/mol. The van der Waals surface area contributed by atoms with Gasteiger partial charge in [0.2, 0.25) is 0 Å². The predicted octanol–water partition coefficient (Wildman–Crippen LogP) is 3.92. The van der Waals surface area contributed by atoms with Crippen LogP contribution in [0.1, 0.15) is 0 Å². The van der Waals surface area contributed by atoms with E-state index in [-0.39, 0.29) is 20.4 Å². The topological polar surface area (TPSA) is 59.7 Å². The van der Waals surface area contributed by atoms with Gasteiger partial charge in [0.05, 0.1) is 0 Å². The Morgan fingerprint density at radius 1 is 0.704 bits per heavy atom. The SMILES string of the molecule is C=C[C]1[CH][CH][CH][C]1P(c1ccccc1)c1ccccc1.[C-]#[O+].[C-]#[O+].[C-]#[O+].[Re]. The Morgan fingerprint density at radius 2 is 1.11 bits per heavy atom. The number of benzene rings is 2. The third-order valence-electron chi connectivity index (χ3n) is 3.32. The summed E-state index contributed by atoms with van der Waals surface area (Å²) in [6.45, 7) is 17.4. The van der Waals surface area contributed by atoms with Crippen LogP contribution in [-0.4, -0.2) is 0 Å². The van der Waals surface area contributed by atoms with Crippen LogP contribution in [-0.2, 0) is 34.4 Å². The van der Waals surface area contributed by atoms with Gasteiger partial charge < -0.3 is 0 Å². The largest absolute Gasteiger partial charge is 0 e. The molecule has 1 fully saturated rings. The van der Waals surface area contributed by atoms with Crippen molar-refractivity contribution in [1.29, 1.82) is 0 Å². The predicted molar refractivity (Wildman–Crippen MR) is 100 cm³/mol. The fraction of sp³-hybridized carbons (Fsp3) is 0. The molecule has 2 aromatic rings. The van der Waals surface area contributed by atoms with Gasteiger partial charge in [0, 0.05) is 32.0 Å². The maximum atomic E-state index is 7.50. The van der Waals surface area contributed by atoms with Crippen molar-refractivity contribution in [1.82, 2.24) is 0 Å². The van der Waals surface area contributed by atoms with Crippen molar-refractivity contribution in [3.05, 3.63) is 124 Å². The summed E-state index contributed by atoms with van der Waals surface area (Å²) < 4.78 is 22.5. The van der Waals surface area contributed by atoms with Crippen molar-refractivity contribution >= 4 is 18.5 Å². The minimum atomic E-state index is -0.507. The Morgan fingerprint density at radius 3 is 1.48 bits per heavy atom.